The van der Waals surface area contributed by atoms with Gasteiger partial charge in [-0.25, -0.2) is 8.78 Å². The van der Waals surface area contributed by atoms with Gasteiger partial charge >= 0.3 is 0 Å². The van der Waals surface area contributed by atoms with Crippen molar-refractivity contribution >= 4 is 35.6 Å². The molecule has 2 atom stereocenters. The van der Waals surface area contributed by atoms with E-state index in [1.165, 1.54) is 12.1 Å². The van der Waals surface area contributed by atoms with Gasteiger partial charge in [-0.05, 0) is 43.7 Å². The quantitative estimate of drug-likeness (QED) is 0.219. The minimum atomic E-state index is -0.807. The van der Waals surface area contributed by atoms with Gasteiger partial charge in [0.25, 0.3) is 0 Å². The molecule has 0 saturated carbocycles. The van der Waals surface area contributed by atoms with Crippen LogP contribution in [0.2, 0.25) is 0 Å². The molecule has 1 aromatic carbocycles. The lowest BCUT2D eigenvalue weighted by Gasteiger charge is -2.19. The van der Waals surface area contributed by atoms with Crippen molar-refractivity contribution in [3.63, 3.8) is 0 Å². The molecular formula is C21H33F2IN4O2. The number of hydrogen-bond donors (Lipinski definition) is 2. The third kappa shape index (κ3) is 7.81. The van der Waals surface area contributed by atoms with Gasteiger partial charge in [0.15, 0.2) is 17.6 Å². The molecule has 0 bridgehead atoms. The second kappa shape index (κ2) is 13.3. The van der Waals surface area contributed by atoms with Crippen LogP contribution in [0.25, 0.3) is 0 Å². The Labute approximate surface area is 194 Å². The maximum absolute atomic E-state index is 13.5. The zero-order valence-corrected chi connectivity index (χ0v) is 19.9. The molecule has 3 rings (SSSR count). The van der Waals surface area contributed by atoms with Crippen LogP contribution in [-0.2, 0) is 9.47 Å². The van der Waals surface area contributed by atoms with Crippen molar-refractivity contribution in [1.82, 2.24) is 10.6 Å². The summed E-state index contributed by atoms with van der Waals surface area (Å²) in [5, 5.41) is 6.66. The van der Waals surface area contributed by atoms with Crippen LogP contribution in [0.5, 0.6) is 0 Å². The van der Waals surface area contributed by atoms with E-state index < -0.39 is 11.6 Å². The van der Waals surface area contributed by atoms with Gasteiger partial charge in [0.1, 0.15) is 0 Å². The molecule has 2 fully saturated rings. The van der Waals surface area contributed by atoms with E-state index in [-0.39, 0.29) is 30.1 Å². The molecule has 0 aromatic heterocycles. The summed E-state index contributed by atoms with van der Waals surface area (Å²) < 4.78 is 37.8. The molecule has 1 aromatic rings. The van der Waals surface area contributed by atoms with E-state index in [1.807, 2.05) is 0 Å². The van der Waals surface area contributed by atoms with Crippen LogP contribution in [0.3, 0.4) is 0 Å². The number of nitrogens with zero attached hydrogens (tertiary/aromatic N) is 2. The van der Waals surface area contributed by atoms with E-state index in [0.29, 0.717) is 19.1 Å². The minimum absolute atomic E-state index is 0. The largest absolute Gasteiger partial charge is 0.379 e. The smallest absolute Gasteiger partial charge is 0.190 e. The van der Waals surface area contributed by atoms with E-state index in [2.05, 4.69) is 20.5 Å². The third-order valence-corrected chi connectivity index (χ3v) is 5.42. The normalized spacial score (nSPS) is 21.6. The van der Waals surface area contributed by atoms with Crippen molar-refractivity contribution in [2.24, 2.45) is 10.9 Å². The number of nitrogens with one attached hydrogen (secondary N) is 2. The summed E-state index contributed by atoms with van der Waals surface area (Å²) >= 11 is 0. The molecule has 2 heterocycles. The predicted octanol–water partition coefficient (Wildman–Crippen LogP) is 3.16. The van der Waals surface area contributed by atoms with Gasteiger partial charge in [-0.3, -0.25) is 4.99 Å². The molecule has 2 aliphatic rings. The van der Waals surface area contributed by atoms with Crippen molar-refractivity contribution in [2.75, 3.05) is 57.9 Å². The first-order valence-electron chi connectivity index (χ1n) is 10.5. The van der Waals surface area contributed by atoms with Crippen molar-refractivity contribution in [1.29, 1.82) is 0 Å². The van der Waals surface area contributed by atoms with Gasteiger partial charge < -0.3 is 25.0 Å². The first-order chi connectivity index (χ1) is 14.2. The Balaban J connectivity index is 0.00000320. The number of aliphatic imine (C=N–C) groups is 1. The molecule has 2 N–H and O–H groups in total. The maximum atomic E-state index is 13.5. The van der Waals surface area contributed by atoms with Crippen LogP contribution >= 0.6 is 24.0 Å². The van der Waals surface area contributed by atoms with E-state index in [0.717, 1.165) is 70.1 Å². The Morgan fingerprint density at radius 3 is 2.87 bits per heavy atom. The average Bonchev–Trinajstić information content (AvgIpc) is 3.41. The molecule has 9 heteroatoms. The van der Waals surface area contributed by atoms with Gasteiger partial charge in [-0.15, -0.1) is 24.0 Å². The first-order valence-corrected chi connectivity index (χ1v) is 10.5. The number of guanidine groups is 1. The Kier molecular flexibility index (Phi) is 11.1. The van der Waals surface area contributed by atoms with Gasteiger partial charge in [-0.2, -0.15) is 0 Å². The zero-order chi connectivity index (χ0) is 20.5. The topological polar surface area (TPSA) is 58.1 Å². The summed E-state index contributed by atoms with van der Waals surface area (Å²) in [6.45, 7) is 5.47. The molecule has 6 nitrogen and oxygen atoms in total. The summed E-state index contributed by atoms with van der Waals surface area (Å²) in [6.07, 6.45) is 4.41. The lowest BCUT2D eigenvalue weighted by molar-refractivity contribution is 0.0168. The van der Waals surface area contributed by atoms with Crippen molar-refractivity contribution in [3.8, 4) is 0 Å². The van der Waals surface area contributed by atoms with Crippen LogP contribution in [0, 0.1) is 17.6 Å². The fraction of sp³-hybridized carbons (Fsp3) is 0.667. The average molecular weight is 538 g/mol. The molecule has 2 unspecified atom stereocenters. The number of anilines is 1. The lowest BCUT2D eigenvalue weighted by Crippen LogP contribution is -2.40. The molecule has 30 heavy (non-hydrogen) atoms. The Hall–Kier alpha value is -1.20. The van der Waals surface area contributed by atoms with Gasteiger partial charge in [0, 0.05) is 58.2 Å². The standard InChI is InChI=1S/C21H32F2N4O2.HI/c1-24-21(25-8-3-10-28-15-18-4-2-11-29-18)26-13-16-7-9-27(14-16)17-5-6-19(22)20(23)12-17;/h5-6,12,16,18H,2-4,7-11,13-15H2,1H3,(H2,24,25,26);1H. The van der Waals surface area contributed by atoms with E-state index >= 15 is 0 Å². The summed E-state index contributed by atoms with van der Waals surface area (Å²) in [7, 11) is 1.76. The van der Waals surface area contributed by atoms with Gasteiger partial charge in [0.2, 0.25) is 0 Å². The molecule has 0 radical (unpaired) electrons. The molecule has 170 valence electrons. The van der Waals surface area contributed by atoms with Crippen molar-refractivity contribution < 1.29 is 18.3 Å². The van der Waals surface area contributed by atoms with Crippen LogP contribution in [0.4, 0.5) is 14.5 Å². The second-order valence-corrected chi connectivity index (χ2v) is 7.64. The van der Waals surface area contributed by atoms with Crippen molar-refractivity contribution in [3.05, 3.63) is 29.8 Å². The van der Waals surface area contributed by atoms with E-state index in [4.69, 9.17) is 9.47 Å². The van der Waals surface area contributed by atoms with Crippen LogP contribution < -0.4 is 15.5 Å². The fourth-order valence-electron chi connectivity index (χ4n) is 3.75. The zero-order valence-electron chi connectivity index (χ0n) is 17.5. The van der Waals surface area contributed by atoms with E-state index in [1.54, 1.807) is 13.1 Å². The van der Waals surface area contributed by atoms with Crippen molar-refractivity contribution in [2.45, 2.75) is 31.8 Å². The summed E-state index contributed by atoms with van der Waals surface area (Å²) in [5.41, 5.74) is 0.733. The highest BCUT2D eigenvalue weighted by atomic mass is 127. The first kappa shape index (κ1) is 25.1. The van der Waals surface area contributed by atoms with E-state index in [9.17, 15) is 8.78 Å². The number of benzene rings is 1. The number of hydrogen-bond acceptors (Lipinski definition) is 4. The predicted molar refractivity (Wildman–Crippen MR) is 126 cm³/mol. The SMILES string of the molecule is CN=C(NCCCOCC1CCCO1)NCC1CCN(c2ccc(F)c(F)c2)C1.I. The number of halogens is 3. The lowest BCUT2D eigenvalue weighted by atomic mass is 10.1. The van der Waals surface area contributed by atoms with Gasteiger partial charge in [-0.1, -0.05) is 0 Å². The second-order valence-electron chi connectivity index (χ2n) is 7.64. The Bertz CT molecular complexity index is 674. The van der Waals surface area contributed by atoms with Crippen LogP contribution in [0.15, 0.2) is 23.2 Å². The molecule has 0 amide bonds. The summed E-state index contributed by atoms with van der Waals surface area (Å²) in [6, 6.07) is 4.09. The maximum Gasteiger partial charge on any atom is 0.190 e. The highest BCUT2D eigenvalue weighted by molar-refractivity contribution is 14.0. The Morgan fingerprint density at radius 2 is 2.13 bits per heavy atom. The van der Waals surface area contributed by atoms with Crippen LogP contribution in [0.1, 0.15) is 25.7 Å². The minimum Gasteiger partial charge on any atom is -0.379 e. The highest BCUT2D eigenvalue weighted by Crippen LogP contribution is 2.25. The summed E-state index contributed by atoms with van der Waals surface area (Å²) in [4.78, 5) is 6.35. The number of rotatable bonds is 9. The molecule has 2 aliphatic heterocycles. The molecular weight excluding hydrogens is 505 g/mol. The monoisotopic (exact) mass is 538 g/mol. The molecule has 0 spiro atoms. The van der Waals surface area contributed by atoms with Crippen LogP contribution in [-0.4, -0.2) is 65.1 Å². The number of ether oxygens (including phenoxy) is 2. The third-order valence-electron chi connectivity index (χ3n) is 5.42. The fourth-order valence-corrected chi connectivity index (χ4v) is 3.75. The van der Waals surface area contributed by atoms with Gasteiger partial charge in [0.05, 0.1) is 12.7 Å². The highest BCUT2D eigenvalue weighted by Gasteiger charge is 2.23. The molecule has 0 aliphatic carbocycles. The summed E-state index contributed by atoms with van der Waals surface area (Å²) in [5.74, 6) is -0.404. The molecule has 2 saturated heterocycles. The Morgan fingerprint density at radius 1 is 1.27 bits per heavy atom.